The lowest BCUT2D eigenvalue weighted by Crippen LogP contribution is -2.44. The summed E-state index contributed by atoms with van der Waals surface area (Å²) in [6.07, 6.45) is 2.47. The van der Waals surface area contributed by atoms with Crippen molar-refractivity contribution in [3.63, 3.8) is 0 Å². The van der Waals surface area contributed by atoms with Gasteiger partial charge in [-0.2, -0.15) is 0 Å². The molecule has 4 rings (SSSR count). The van der Waals surface area contributed by atoms with Crippen molar-refractivity contribution in [1.29, 1.82) is 0 Å². The predicted molar refractivity (Wildman–Crippen MR) is 185 cm³/mol. The van der Waals surface area contributed by atoms with Gasteiger partial charge in [-0.1, -0.05) is 59.6 Å². The Balaban J connectivity index is 1.48. The fourth-order valence-electron chi connectivity index (χ4n) is 4.88. The van der Waals surface area contributed by atoms with Crippen molar-refractivity contribution in [2.45, 2.75) is 31.4 Å². The van der Waals surface area contributed by atoms with Crippen molar-refractivity contribution in [2.24, 2.45) is 0 Å². The van der Waals surface area contributed by atoms with Crippen molar-refractivity contribution in [1.82, 2.24) is 15.2 Å². The smallest absolute Gasteiger partial charge is 0.348 e. The standard InChI is InChI=1S/C35H39Cl2N3O6S/c1-35(24-9-7-6-8-10-24,34(42)45-16-15-40(2)3)22-39-19-25-12-14-32(47-25)33(41)46-30(18-26-27(36)20-38-21-28(26)37)23-11-13-29(43-4)31(17-23)44-5/h6-14,17,20-21,30,39H,15-16,18-19,22H2,1-5H3/t30-,35?/m0/s1. The van der Waals surface area contributed by atoms with Gasteiger partial charge in [0.25, 0.3) is 0 Å². The van der Waals surface area contributed by atoms with E-state index in [2.05, 4.69) is 10.3 Å². The molecule has 0 saturated heterocycles. The summed E-state index contributed by atoms with van der Waals surface area (Å²) in [4.78, 5) is 34.1. The van der Waals surface area contributed by atoms with E-state index in [1.54, 1.807) is 31.4 Å². The average Bonchev–Trinajstić information content (AvgIpc) is 3.54. The lowest BCUT2D eigenvalue weighted by molar-refractivity contribution is -0.150. The fourth-order valence-corrected chi connectivity index (χ4v) is 6.26. The summed E-state index contributed by atoms with van der Waals surface area (Å²) in [7, 11) is 6.95. The van der Waals surface area contributed by atoms with Crippen LogP contribution in [0.3, 0.4) is 0 Å². The summed E-state index contributed by atoms with van der Waals surface area (Å²) in [5.41, 5.74) is 1.23. The minimum absolute atomic E-state index is 0.212. The number of thiophene rings is 1. The van der Waals surface area contributed by atoms with Crippen LogP contribution < -0.4 is 14.8 Å². The molecule has 0 bridgehead atoms. The second-order valence-electron chi connectivity index (χ2n) is 11.3. The van der Waals surface area contributed by atoms with Crippen molar-refractivity contribution in [3.8, 4) is 11.5 Å². The van der Waals surface area contributed by atoms with Gasteiger partial charge in [0.15, 0.2) is 11.5 Å². The van der Waals surface area contributed by atoms with Gasteiger partial charge in [0.1, 0.15) is 23.0 Å². The largest absolute Gasteiger partial charge is 0.493 e. The number of nitrogens with zero attached hydrogens (tertiary/aromatic N) is 2. The molecule has 0 saturated carbocycles. The van der Waals surface area contributed by atoms with Gasteiger partial charge in [0.05, 0.1) is 24.3 Å². The molecule has 12 heteroatoms. The third-order valence-electron chi connectivity index (χ3n) is 7.64. The molecule has 1 unspecified atom stereocenters. The number of pyridine rings is 1. The van der Waals surface area contributed by atoms with Gasteiger partial charge in [-0.25, -0.2) is 4.79 Å². The van der Waals surface area contributed by atoms with Crippen molar-refractivity contribution >= 4 is 46.5 Å². The van der Waals surface area contributed by atoms with Crippen molar-refractivity contribution in [2.75, 3.05) is 48.0 Å². The zero-order chi connectivity index (χ0) is 34.0. The molecule has 0 spiro atoms. The highest BCUT2D eigenvalue weighted by Gasteiger charge is 2.36. The Morgan fingerprint density at radius 3 is 2.34 bits per heavy atom. The first-order valence-corrected chi connectivity index (χ1v) is 16.5. The van der Waals surface area contributed by atoms with Gasteiger partial charge in [-0.15, -0.1) is 11.3 Å². The maximum absolute atomic E-state index is 13.5. The van der Waals surface area contributed by atoms with Crippen LogP contribution >= 0.6 is 34.5 Å². The van der Waals surface area contributed by atoms with Gasteiger partial charge in [0, 0.05) is 43.3 Å². The minimum Gasteiger partial charge on any atom is -0.493 e. The Morgan fingerprint density at radius 2 is 1.68 bits per heavy atom. The third-order valence-corrected chi connectivity index (χ3v) is 9.36. The monoisotopic (exact) mass is 699 g/mol. The second kappa shape index (κ2) is 16.9. The van der Waals surface area contributed by atoms with E-state index in [1.807, 2.05) is 62.3 Å². The lowest BCUT2D eigenvalue weighted by Gasteiger charge is -2.28. The Morgan fingerprint density at radius 1 is 0.979 bits per heavy atom. The molecule has 2 atom stereocenters. The van der Waals surface area contributed by atoms with E-state index in [-0.39, 0.29) is 12.4 Å². The van der Waals surface area contributed by atoms with Crippen LogP contribution in [0.4, 0.5) is 0 Å². The molecule has 0 radical (unpaired) electrons. The molecule has 1 N–H and O–H groups in total. The third kappa shape index (κ3) is 9.46. The van der Waals surface area contributed by atoms with Crippen LogP contribution in [-0.2, 0) is 32.6 Å². The molecule has 250 valence electrons. The first-order valence-electron chi connectivity index (χ1n) is 14.9. The quantitative estimate of drug-likeness (QED) is 0.127. The number of hydrogen-bond donors (Lipinski definition) is 1. The van der Waals surface area contributed by atoms with E-state index in [9.17, 15) is 9.59 Å². The molecule has 47 heavy (non-hydrogen) atoms. The maximum atomic E-state index is 13.5. The molecule has 2 aromatic carbocycles. The van der Waals surface area contributed by atoms with E-state index in [0.29, 0.717) is 63.8 Å². The number of carbonyl (C=O) groups is 2. The Labute approximate surface area is 289 Å². The summed E-state index contributed by atoms with van der Waals surface area (Å²) in [5.74, 6) is 0.235. The highest BCUT2D eigenvalue weighted by molar-refractivity contribution is 7.13. The maximum Gasteiger partial charge on any atom is 0.348 e. The summed E-state index contributed by atoms with van der Waals surface area (Å²) in [5, 5.41) is 4.13. The molecule has 2 heterocycles. The molecule has 0 aliphatic rings. The van der Waals surface area contributed by atoms with Gasteiger partial charge in [-0.05, 0) is 62.0 Å². The van der Waals surface area contributed by atoms with E-state index < -0.39 is 17.5 Å². The van der Waals surface area contributed by atoms with Crippen LogP contribution in [0.2, 0.25) is 10.0 Å². The SMILES string of the molecule is COc1ccc([C@H](Cc2c(Cl)cncc2Cl)OC(=O)c2ccc(CNCC(C)(C(=O)OCCN(C)C)c3ccccc3)s2)cc1OC. The van der Waals surface area contributed by atoms with Gasteiger partial charge in [-0.3, -0.25) is 9.78 Å². The predicted octanol–water partition coefficient (Wildman–Crippen LogP) is 6.76. The summed E-state index contributed by atoms with van der Waals surface area (Å²) >= 11 is 14.2. The number of rotatable bonds is 16. The first-order chi connectivity index (χ1) is 22.5. The number of likely N-dealkylation sites (N-methyl/N-ethyl adjacent to an activating group) is 1. The number of aromatic nitrogens is 1. The van der Waals surface area contributed by atoms with Crippen LogP contribution in [0.5, 0.6) is 11.5 Å². The van der Waals surface area contributed by atoms with Crippen LogP contribution in [0.25, 0.3) is 0 Å². The molecule has 0 aliphatic heterocycles. The van der Waals surface area contributed by atoms with E-state index in [4.69, 9.17) is 42.1 Å². The second-order valence-corrected chi connectivity index (χ2v) is 13.3. The number of nitrogens with one attached hydrogen (secondary N) is 1. The Bertz CT molecular complexity index is 1630. The highest BCUT2D eigenvalue weighted by Crippen LogP contribution is 2.36. The Hall–Kier alpha value is -3.67. The molecule has 2 aromatic heterocycles. The topological polar surface area (TPSA) is 99.2 Å². The number of hydrogen-bond acceptors (Lipinski definition) is 10. The van der Waals surface area contributed by atoms with Crippen molar-refractivity contribution < 1.29 is 28.5 Å². The number of halogens is 2. The van der Waals surface area contributed by atoms with E-state index in [0.717, 1.165) is 10.4 Å². The number of methoxy groups -OCH3 is 2. The van der Waals surface area contributed by atoms with Crippen LogP contribution in [0.1, 0.15) is 44.3 Å². The molecular formula is C35H39Cl2N3O6S. The van der Waals surface area contributed by atoms with Gasteiger partial charge >= 0.3 is 11.9 Å². The first kappa shape index (κ1) is 36.2. The number of carbonyl (C=O) groups excluding carboxylic acids is 2. The summed E-state index contributed by atoms with van der Waals surface area (Å²) < 4.78 is 22.6. The molecule has 0 amide bonds. The normalized spacial score (nSPS) is 13.1. The number of ether oxygens (including phenoxy) is 4. The molecule has 0 fully saturated rings. The molecule has 0 aliphatic carbocycles. The minimum atomic E-state index is -0.908. The average molecular weight is 701 g/mol. The molecule has 9 nitrogen and oxygen atoms in total. The van der Waals surface area contributed by atoms with Gasteiger partial charge < -0.3 is 29.2 Å². The molecule has 4 aromatic rings. The summed E-state index contributed by atoms with van der Waals surface area (Å²) in [6, 6.07) is 18.5. The number of benzene rings is 2. The lowest BCUT2D eigenvalue weighted by atomic mass is 9.82. The fraction of sp³-hybridized carbons (Fsp3) is 0.343. The van der Waals surface area contributed by atoms with Crippen molar-refractivity contribution in [3.05, 3.63) is 110 Å². The Kier molecular flexibility index (Phi) is 13.0. The zero-order valence-electron chi connectivity index (χ0n) is 27.0. The van der Waals surface area contributed by atoms with E-state index >= 15 is 0 Å². The summed E-state index contributed by atoms with van der Waals surface area (Å²) in [6.45, 7) is 3.58. The van der Waals surface area contributed by atoms with Crippen LogP contribution in [-0.4, -0.2) is 69.8 Å². The zero-order valence-corrected chi connectivity index (χ0v) is 29.4. The van der Waals surface area contributed by atoms with Gasteiger partial charge in [0.2, 0.25) is 0 Å². The highest BCUT2D eigenvalue weighted by atomic mass is 35.5. The van der Waals surface area contributed by atoms with E-state index in [1.165, 1.54) is 30.8 Å². The van der Waals surface area contributed by atoms with Crippen LogP contribution in [0.15, 0.2) is 73.1 Å². The van der Waals surface area contributed by atoms with Crippen LogP contribution in [0, 0.1) is 0 Å². The number of esters is 2. The molecular weight excluding hydrogens is 661 g/mol.